The first-order chi connectivity index (χ1) is 5.79. The molecule has 0 saturated carbocycles. The predicted octanol–water partition coefficient (Wildman–Crippen LogP) is 1.58. The molecule has 0 heterocycles. The molecule has 0 radical (unpaired) electrons. The fraction of sp³-hybridized carbons (Fsp3) is 0. The smallest absolute Gasteiger partial charge is 0.399 e. The maximum absolute atomic E-state index is 12.0. The van der Waals surface area contributed by atoms with Crippen molar-refractivity contribution < 1.29 is 20.6 Å². The Bertz CT molecular complexity index is 320. The zero-order valence-electron chi connectivity index (χ0n) is 6.25. The highest BCUT2D eigenvalue weighted by Gasteiger charge is 1.94. The summed E-state index contributed by atoms with van der Waals surface area (Å²) in [6.45, 7) is 0. The van der Waals surface area contributed by atoms with Crippen molar-refractivity contribution in [3.8, 4) is 0 Å². The number of nitrogen functional groups attached to an aromatic ring is 1. The molecule has 1 aromatic carbocycles. The van der Waals surface area contributed by atoms with E-state index in [2.05, 4.69) is 0 Å². The maximum atomic E-state index is 12.0. The summed E-state index contributed by atoms with van der Waals surface area (Å²) in [5.41, 5.74) is 5.85. The van der Waals surface area contributed by atoms with Gasteiger partial charge in [-0.05, 0) is 24.3 Å². The zero-order chi connectivity index (χ0) is 10.5. The molecule has 1 aromatic rings. The van der Waals surface area contributed by atoms with E-state index in [1.807, 2.05) is 0 Å². The highest BCUT2D eigenvalue weighted by Crippen LogP contribution is 2.01. The van der Waals surface area contributed by atoms with E-state index in [0.29, 0.717) is 5.69 Å². The summed E-state index contributed by atoms with van der Waals surface area (Å²) in [7, 11) is -5.67. The van der Waals surface area contributed by atoms with Crippen LogP contribution < -0.4 is 5.73 Å². The second-order valence-electron chi connectivity index (χ2n) is 1.93. The van der Waals surface area contributed by atoms with Gasteiger partial charge in [0, 0.05) is 5.69 Å². The Morgan fingerprint density at radius 3 is 1.62 bits per heavy atom. The van der Waals surface area contributed by atoms with Gasteiger partial charge in [-0.2, -0.15) is 8.42 Å². The number of benzene rings is 1. The molecule has 3 nitrogen and oxygen atoms in total. The second kappa shape index (κ2) is 4.70. The van der Waals surface area contributed by atoms with Crippen LogP contribution in [0.2, 0.25) is 0 Å². The zero-order valence-corrected chi connectivity index (χ0v) is 7.06. The largest absolute Gasteiger partial charge is 0.476 e. The van der Waals surface area contributed by atoms with Gasteiger partial charge in [0.05, 0.1) is 0 Å². The van der Waals surface area contributed by atoms with Gasteiger partial charge < -0.3 is 5.73 Å². The van der Waals surface area contributed by atoms with E-state index in [4.69, 9.17) is 14.2 Å². The third kappa shape index (κ3) is 10.8. The molecule has 0 aliphatic carbocycles. The molecular formula is C6H6F3NO2S. The molecule has 0 aliphatic heterocycles. The predicted molar refractivity (Wildman–Crippen MR) is 41.9 cm³/mol. The van der Waals surface area contributed by atoms with Crippen molar-refractivity contribution in [2.45, 2.75) is 0 Å². The van der Waals surface area contributed by atoms with Crippen molar-refractivity contribution in [2.24, 2.45) is 0 Å². The van der Waals surface area contributed by atoms with Crippen molar-refractivity contribution in [2.75, 3.05) is 5.73 Å². The van der Waals surface area contributed by atoms with E-state index in [0.717, 1.165) is 0 Å². The van der Waals surface area contributed by atoms with E-state index in [9.17, 15) is 12.2 Å². The SMILES string of the molecule is Nc1ccc(F)cc1.O=S(=O)(F)F. The molecule has 0 atom stereocenters. The average Bonchev–Trinajstić information content (AvgIpc) is 1.92. The van der Waals surface area contributed by atoms with Gasteiger partial charge in [0.1, 0.15) is 5.82 Å². The van der Waals surface area contributed by atoms with Gasteiger partial charge in [-0.15, -0.1) is 0 Å². The molecule has 0 aromatic heterocycles. The number of hydrogen-bond acceptors (Lipinski definition) is 3. The van der Waals surface area contributed by atoms with Crippen molar-refractivity contribution in [3.63, 3.8) is 0 Å². The van der Waals surface area contributed by atoms with E-state index in [1.165, 1.54) is 24.3 Å². The van der Waals surface area contributed by atoms with E-state index in [1.54, 1.807) is 0 Å². The maximum Gasteiger partial charge on any atom is 0.476 e. The van der Waals surface area contributed by atoms with Gasteiger partial charge in [0.15, 0.2) is 0 Å². The van der Waals surface area contributed by atoms with E-state index in [-0.39, 0.29) is 5.82 Å². The van der Waals surface area contributed by atoms with Gasteiger partial charge >= 0.3 is 10.6 Å². The molecule has 0 unspecified atom stereocenters. The fourth-order valence-electron chi connectivity index (χ4n) is 0.463. The normalized spacial score (nSPS) is 10.1. The Morgan fingerprint density at radius 2 is 1.38 bits per heavy atom. The van der Waals surface area contributed by atoms with Crippen molar-refractivity contribution in [1.82, 2.24) is 0 Å². The highest BCUT2D eigenvalue weighted by atomic mass is 32.3. The lowest BCUT2D eigenvalue weighted by Gasteiger charge is -1.87. The molecule has 2 N–H and O–H groups in total. The van der Waals surface area contributed by atoms with Gasteiger partial charge in [0.25, 0.3) is 0 Å². The summed E-state index contributed by atoms with van der Waals surface area (Å²) in [5.74, 6) is -0.251. The molecular weight excluding hydrogens is 207 g/mol. The molecule has 0 bridgehead atoms. The van der Waals surface area contributed by atoms with Crippen molar-refractivity contribution >= 4 is 16.3 Å². The van der Waals surface area contributed by atoms with Crippen LogP contribution in [0, 0.1) is 5.82 Å². The molecule has 1 rings (SSSR count). The molecule has 7 heteroatoms. The molecule has 74 valence electrons. The Balaban J connectivity index is 0.000000252. The minimum atomic E-state index is -5.67. The standard InChI is InChI=1S/C6H6FN.F2O2S/c7-5-1-3-6(8)4-2-5;1-5(2,3)4/h1-4H,8H2;. The van der Waals surface area contributed by atoms with Gasteiger partial charge in [-0.1, -0.05) is 7.77 Å². The third-order valence-corrected chi connectivity index (χ3v) is 0.870. The topological polar surface area (TPSA) is 60.2 Å². The summed E-state index contributed by atoms with van der Waals surface area (Å²) < 4.78 is 48.6. The summed E-state index contributed by atoms with van der Waals surface area (Å²) >= 11 is 0. The summed E-state index contributed by atoms with van der Waals surface area (Å²) in [5, 5.41) is 0. The average molecular weight is 213 g/mol. The number of hydrogen-bond donors (Lipinski definition) is 1. The van der Waals surface area contributed by atoms with Crippen LogP contribution >= 0.6 is 0 Å². The van der Waals surface area contributed by atoms with Crippen LogP contribution in [0.4, 0.5) is 17.8 Å². The van der Waals surface area contributed by atoms with Crippen molar-refractivity contribution in [3.05, 3.63) is 30.1 Å². The summed E-state index contributed by atoms with van der Waals surface area (Å²) in [6.07, 6.45) is 0. The van der Waals surface area contributed by atoms with Crippen LogP contribution in [0.15, 0.2) is 24.3 Å². The van der Waals surface area contributed by atoms with Crippen LogP contribution in [0.25, 0.3) is 0 Å². The van der Waals surface area contributed by atoms with Crippen LogP contribution in [-0.4, -0.2) is 8.42 Å². The first kappa shape index (κ1) is 11.8. The van der Waals surface area contributed by atoms with Crippen molar-refractivity contribution in [1.29, 1.82) is 0 Å². The van der Waals surface area contributed by atoms with E-state index >= 15 is 0 Å². The first-order valence-electron chi connectivity index (χ1n) is 2.94. The quantitative estimate of drug-likeness (QED) is 0.525. The summed E-state index contributed by atoms with van der Waals surface area (Å²) in [4.78, 5) is 0. The highest BCUT2D eigenvalue weighted by molar-refractivity contribution is 7.81. The summed E-state index contributed by atoms with van der Waals surface area (Å²) in [6, 6.07) is 5.70. The molecule has 0 fully saturated rings. The number of nitrogens with two attached hydrogens (primary N) is 1. The number of rotatable bonds is 0. The Hall–Kier alpha value is -1.24. The fourth-order valence-corrected chi connectivity index (χ4v) is 0.463. The lowest BCUT2D eigenvalue weighted by Crippen LogP contribution is -1.82. The first-order valence-corrected chi connectivity index (χ1v) is 4.22. The molecule has 0 aliphatic rings. The minimum Gasteiger partial charge on any atom is -0.399 e. The third-order valence-electron chi connectivity index (χ3n) is 0.870. The Labute approximate surface area is 73.5 Å². The molecule has 0 amide bonds. The van der Waals surface area contributed by atoms with Crippen LogP contribution in [-0.2, 0) is 10.6 Å². The van der Waals surface area contributed by atoms with E-state index < -0.39 is 10.6 Å². The monoisotopic (exact) mass is 213 g/mol. The Kier molecular flexibility index (Phi) is 4.26. The Morgan fingerprint density at radius 1 is 1.08 bits per heavy atom. The minimum absolute atomic E-state index is 0.251. The van der Waals surface area contributed by atoms with Crippen LogP contribution in [0.3, 0.4) is 0 Å². The van der Waals surface area contributed by atoms with Crippen LogP contribution in [0.1, 0.15) is 0 Å². The van der Waals surface area contributed by atoms with Gasteiger partial charge in [0.2, 0.25) is 0 Å². The lowest BCUT2D eigenvalue weighted by molar-refractivity contribution is 0.501. The van der Waals surface area contributed by atoms with Gasteiger partial charge in [-0.25, -0.2) is 4.39 Å². The second-order valence-corrected chi connectivity index (χ2v) is 2.69. The van der Waals surface area contributed by atoms with Crippen LogP contribution in [0.5, 0.6) is 0 Å². The molecule has 13 heavy (non-hydrogen) atoms. The molecule has 0 spiro atoms. The molecule has 0 saturated heterocycles. The number of halogens is 3. The number of anilines is 1. The lowest BCUT2D eigenvalue weighted by atomic mass is 10.3. The van der Waals surface area contributed by atoms with Gasteiger partial charge in [-0.3, -0.25) is 0 Å².